The Morgan fingerprint density at radius 3 is 2.59 bits per heavy atom. The quantitative estimate of drug-likeness (QED) is 0.570. The fraction of sp³-hybridized carbons (Fsp3) is 0.647. The van der Waals surface area contributed by atoms with Crippen LogP contribution in [-0.2, 0) is 0 Å². The van der Waals surface area contributed by atoms with Crippen LogP contribution >= 0.6 is 0 Å². The number of hydrogen-bond donors (Lipinski definition) is 2. The van der Waals surface area contributed by atoms with Gasteiger partial charge in [-0.2, -0.15) is 0 Å². The van der Waals surface area contributed by atoms with Crippen molar-refractivity contribution < 1.29 is 0 Å². The molecule has 0 radical (unpaired) electrons. The Kier molecular flexibility index (Phi) is 8.31. The summed E-state index contributed by atoms with van der Waals surface area (Å²) in [4.78, 5) is 26.1. The number of hydrogen-bond acceptors (Lipinski definition) is 3. The first-order chi connectivity index (χ1) is 10.6. The van der Waals surface area contributed by atoms with Gasteiger partial charge < -0.3 is 5.73 Å². The van der Waals surface area contributed by atoms with Gasteiger partial charge in [0, 0.05) is 12.2 Å². The maximum atomic E-state index is 12.0. The van der Waals surface area contributed by atoms with E-state index in [1.165, 1.54) is 25.7 Å². The summed E-state index contributed by atoms with van der Waals surface area (Å²) in [5, 5.41) is 0. The number of nitrogens with one attached hydrogen (secondary N) is 1. The molecule has 0 aliphatic heterocycles. The van der Waals surface area contributed by atoms with Crippen LogP contribution in [0.4, 0.5) is 0 Å². The van der Waals surface area contributed by atoms with Crippen LogP contribution in [0.3, 0.4) is 0 Å². The lowest BCUT2D eigenvalue weighted by Crippen LogP contribution is -2.33. The maximum absolute atomic E-state index is 12.0. The molecule has 1 aromatic rings. The van der Waals surface area contributed by atoms with Gasteiger partial charge in [-0.15, -0.1) is 0 Å². The second kappa shape index (κ2) is 10.0. The summed E-state index contributed by atoms with van der Waals surface area (Å²) in [5.41, 5.74) is 4.83. The van der Waals surface area contributed by atoms with E-state index in [4.69, 9.17) is 5.73 Å². The predicted octanol–water partition coefficient (Wildman–Crippen LogP) is 2.16. The number of nitrogens with zero attached hydrogens (tertiary/aromatic N) is 1. The van der Waals surface area contributed by atoms with Crippen molar-refractivity contribution in [2.45, 2.75) is 64.8 Å². The molecule has 0 fully saturated rings. The molecule has 1 unspecified atom stereocenters. The molecule has 1 rings (SSSR count). The molecular weight excluding hydrogens is 278 g/mol. The van der Waals surface area contributed by atoms with Gasteiger partial charge in [-0.25, -0.2) is 4.79 Å². The highest BCUT2D eigenvalue weighted by atomic mass is 16.2. The van der Waals surface area contributed by atoms with Crippen LogP contribution in [0.5, 0.6) is 0 Å². The van der Waals surface area contributed by atoms with E-state index in [9.17, 15) is 9.59 Å². The molecule has 0 bridgehead atoms. The van der Waals surface area contributed by atoms with E-state index in [0.29, 0.717) is 5.56 Å². The zero-order valence-corrected chi connectivity index (χ0v) is 13.7. The first-order valence-corrected chi connectivity index (χ1v) is 8.18. The van der Waals surface area contributed by atoms with Gasteiger partial charge in [-0.05, 0) is 12.8 Å². The molecule has 0 aliphatic rings. The van der Waals surface area contributed by atoms with Gasteiger partial charge in [-0.1, -0.05) is 57.8 Å². The van der Waals surface area contributed by atoms with E-state index in [1.54, 1.807) is 10.8 Å². The lowest BCUT2D eigenvalue weighted by molar-refractivity contribution is 0.410. The molecule has 0 spiro atoms. The molecule has 5 nitrogen and oxygen atoms in total. The lowest BCUT2D eigenvalue weighted by Gasteiger charge is -2.17. The number of aromatic amines is 1. The van der Waals surface area contributed by atoms with E-state index in [2.05, 4.69) is 30.7 Å². The van der Waals surface area contributed by atoms with Crippen molar-refractivity contribution in [3.8, 4) is 11.8 Å². The Labute approximate surface area is 131 Å². The molecule has 0 amide bonds. The Bertz CT molecular complexity index is 619. The van der Waals surface area contributed by atoms with Crippen LogP contribution in [0.1, 0.15) is 70.4 Å². The summed E-state index contributed by atoms with van der Waals surface area (Å²) in [5.74, 6) is 5.38. The molecule has 1 aromatic heterocycles. The van der Waals surface area contributed by atoms with E-state index in [1.807, 2.05) is 0 Å². The summed E-state index contributed by atoms with van der Waals surface area (Å²) < 4.78 is 1.61. The average molecular weight is 305 g/mol. The standard InChI is InChI=1S/C17H27N3O2/c1-3-5-6-7-8-11-15(4-2)20-13-14(10-9-12-18)16(21)19-17(20)22/h13,15H,3-8,11-12,18H2,1-2H3,(H,19,21,22). The third kappa shape index (κ3) is 5.53. The van der Waals surface area contributed by atoms with Gasteiger partial charge in [-0.3, -0.25) is 14.3 Å². The summed E-state index contributed by atoms with van der Waals surface area (Å²) in [6, 6.07) is 0.101. The fourth-order valence-corrected chi connectivity index (χ4v) is 2.52. The highest BCUT2D eigenvalue weighted by Gasteiger charge is 2.12. The Balaban J connectivity index is 2.87. The predicted molar refractivity (Wildman–Crippen MR) is 90.0 cm³/mol. The monoisotopic (exact) mass is 305 g/mol. The number of H-pyrrole nitrogens is 1. The molecular formula is C17H27N3O2. The maximum Gasteiger partial charge on any atom is 0.328 e. The normalized spacial score (nSPS) is 11.8. The van der Waals surface area contributed by atoms with E-state index in [-0.39, 0.29) is 18.3 Å². The molecule has 0 aromatic carbocycles. The molecule has 122 valence electrons. The van der Waals surface area contributed by atoms with Gasteiger partial charge >= 0.3 is 5.69 Å². The van der Waals surface area contributed by atoms with Gasteiger partial charge in [0.25, 0.3) is 5.56 Å². The first kappa shape index (κ1) is 18.2. The van der Waals surface area contributed by atoms with Crippen molar-refractivity contribution in [1.29, 1.82) is 0 Å². The average Bonchev–Trinajstić information content (AvgIpc) is 2.51. The van der Waals surface area contributed by atoms with Gasteiger partial charge in [0.15, 0.2) is 0 Å². The minimum Gasteiger partial charge on any atom is -0.320 e. The number of unbranched alkanes of at least 4 members (excludes halogenated alkanes) is 4. The fourth-order valence-electron chi connectivity index (χ4n) is 2.52. The molecule has 0 saturated heterocycles. The molecule has 1 heterocycles. The summed E-state index contributed by atoms with van der Waals surface area (Å²) in [7, 11) is 0. The van der Waals surface area contributed by atoms with Crippen LogP contribution in [0.15, 0.2) is 15.8 Å². The topological polar surface area (TPSA) is 80.9 Å². The number of nitrogens with two attached hydrogens (primary N) is 1. The van der Waals surface area contributed by atoms with Crippen LogP contribution in [0.2, 0.25) is 0 Å². The van der Waals surface area contributed by atoms with Crippen molar-refractivity contribution >= 4 is 0 Å². The van der Waals surface area contributed by atoms with Crippen LogP contribution in [-0.4, -0.2) is 16.1 Å². The van der Waals surface area contributed by atoms with Crippen molar-refractivity contribution in [1.82, 2.24) is 9.55 Å². The van der Waals surface area contributed by atoms with Crippen molar-refractivity contribution in [2.24, 2.45) is 5.73 Å². The van der Waals surface area contributed by atoms with Crippen molar-refractivity contribution in [3.05, 3.63) is 32.6 Å². The van der Waals surface area contributed by atoms with Gasteiger partial charge in [0.2, 0.25) is 0 Å². The van der Waals surface area contributed by atoms with Crippen LogP contribution in [0, 0.1) is 11.8 Å². The summed E-state index contributed by atoms with van der Waals surface area (Å²) in [6.45, 7) is 4.44. The van der Waals surface area contributed by atoms with Crippen LogP contribution < -0.4 is 17.0 Å². The molecule has 3 N–H and O–H groups in total. The second-order valence-electron chi connectivity index (χ2n) is 5.48. The van der Waals surface area contributed by atoms with E-state index < -0.39 is 5.56 Å². The third-order valence-corrected chi connectivity index (χ3v) is 3.80. The number of aromatic nitrogens is 2. The van der Waals surface area contributed by atoms with E-state index >= 15 is 0 Å². The third-order valence-electron chi connectivity index (χ3n) is 3.80. The SMILES string of the molecule is CCCCCCCC(CC)n1cc(C#CCN)c(=O)[nH]c1=O. The lowest BCUT2D eigenvalue weighted by atomic mass is 10.0. The van der Waals surface area contributed by atoms with Crippen molar-refractivity contribution in [3.63, 3.8) is 0 Å². The Morgan fingerprint density at radius 1 is 1.23 bits per heavy atom. The first-order valence-electron chi connectivity index (χ1n) is 8.18. The molecule has 5 heteroatoms. The van der Waals surface area contributed by atoms with Gasteiger partial charge in [0.1, 0.15) is 5.56 Å². The molecule has 1 atom stereocenters. The Morgan fingerprint density at radius 2 is 1.95 bits per heavy atom. The van der Waals surface area contributed by atoms with E-state index in [0.717, 1.165) is 19.3 Å². The minimum absolute atomic E-state index is 0.101. The highest BCUT2D eigenvalue weighted by molar-refractivity contribution is 5.29. The van der Waals surface area contributed by atoms with Crippen molar-refractivity contribution in [2.75, 3.05) is 6.54 Å². The van der Waals surface area contributed by atoms with Gasteiger partial charge in [0.05, 0.1) is 6.54 Å². The molecule has 0 aliphatic carbocycles. The molecule has 0 saturated carbocycles. The summed E-state index contributed by atoms with van der Waals surface area (Å²) >= 11 is 0. The second-order valence-corrected chi connectivity index (χ2v) is 5.48. The zero-order valence-electron chi connectivity index (χ0n) is 13.7. The largest absolute Gasteiger partial charge is 0.328 e. The molecule has 22 heavy (non-hydrogen) atoms. The Hall–Kier alpha value is -1.80. The number of rotatable bonds is 8. The summed E-state index contributed by atoms with van der Waals surface area (Å²) in [6.07, 6.45) is 9.36. The minimum atomic E-state index is -0.444. The zero-order chi connectivity index (χ0) is 16.4. The van der Waals surface area contributed by atoms with Crippen LogP contribution in [0.25, 0.3) is 0 Å². The smallest absolute Gasteiger partial charge is 0.320 e. The highest BCUT2D eigenvalue weighted by Crippen LogP contribution is 2.18.